The Hall–Kier alpha value is -3.49. The molecule has 9 heteroatoms. The van der Waals surface area contributed by atoms with Crippen molar-refractivity contribution in [3.8, 4) is 5.88 Å². The molecular formula is C19H18N4O5. The zero-order valence-corrected chi connectivity index (χ0v) is 15.4. The van der Waals surface area contributed by atoms with E-state index in [-0.39, 0.29) is 30.8 Å². The van der Waals surface area contributed by atoms with Crippen molar-refractivity contribution >= 4 is 17.6 Å². The standard InChI is InChI=1S/C19H18N4O5/c1-10-16(11(2)23(21-10)8-6-14(24)25)12-9-15(26)28-18-17(12)19(27)22-7-4-3-5-13(22)20-18/h3-5,7,12H,6,8-9H2,1-2H3,(H,24,25)/t12-/m0/s1. The van der Waals surface area contributed by atoms with Gasteiger partial charge in [0.15, 0.2) is 0 Å². The molecule has 0 spiro atoms. The van der Waals surface area contributed by atoms with Crippen LogP contribution in [-0.2, 0) is 16.1 Å². The first kappa shape index (κ1) is 17.9. The lowest BCUT2D eigenvalue weighted by atomic mass is 9.87. The summed E-state index contributed by atoms with van der Waals surface area (Å²) in [5.74, 6) is -1.92. The minimum Gasteiger partial charge on any atom is -0.481 e. The maximum atomic E-state index is 13.1. The summed E-state index contributed by atoms with van der Waals surface area (Å²) in [4.78, 5) is 40.6. The zero-order chi connectivity index (χ0) is 20.0. The van der Waals surface area contributed by atoms with Gasteiger partial charge in [0.2, 0.25) is 5.88 Å². The van der Waals surface area contributed by atoms with Crippen molar-refractivity contribution in [1.82, 2.24) is 19.2 Å². The SMILES string of the molecule is Cc1nn(CCC(=O)O)c(C)c1[C@@H]1CC(=O)Oc2nc3ccccn3c(=O)c21. The fourth-order valence-electron chi connectivity index (χ4n) is 3.76. The van der Waals surface area contributed by atoms with Crippen LogP contribution in [0.4, 0.5) is 0 Å². The van der Waals surface area contributed by atoms with Gasteiger partial charge in [0.25, 0.3) is 5.56 Å². The van der Waals surface area contributed by atoms with Crippen LogP contribution < -0.4 is 10.3 Å². The summed E-state index contributed by atoms with van der Waals surface area (Å²) < 4.78 is 8.29. The van der Waals surface area contributed by atoms with E-state index in [9.17, 15) is 14.4 Å². The number of pyridine rings is 1. The number of aliphatic carboxylic acids is 1. The van der Waals surface area contributed by atoms with Crippen LogP contribution in [-0.4, -0.2) is 36.2 Å². The number of nitrogens with zero attached hydrogens (tertiary/aromatic N) is 4. The fraction of sp³-hybridized carbons (Fsp3) is 0.316. The van der Waals surface area contributed by atoms with Crippen LogP contribution in [0.3, 0.4) is 0 Å². The number of carbonyl (C=O) groups excluding carboxylic acids is 1. The molecule has 28 heavy (non-hydrogen) atoms. The van der Waals surface area contributed by atoms with Gasteiger partial charge >= 0.3 is 11.9 Å². The highest BCUT2D eigenvalue weighted by molar-refractivity contribution is 5.77. The monoisotopic (exact) mass is 382 g/mol. The molecule has 0 amide bonds. The molecule has 0 aromatic carbocycles. The van der Waals surface area contributed by atoms with Crippen LogP contribution in [0.1, 0.15) is 41.3 Å². The Balaban J connectivity index is 1.89. The third-order valence-electron chi connectivity index (χ3n) is 4.99. The largest absolute Gasteiger partial charge is 0.481 e. The molecule has 1 aliphatic heterocycles. The molecule has 0 saturated carbocycles. The van der Waals surface area contributed by atoms with Gasteiger partial charge in [-0.25, -0.2) is 0 Å². The quantitative estimate of drug-likeness (QED) is 0.679. The van der Waals surface area contributed by atoms with E-state index < -0.39 is 17.9 Å². The Kier molecular flexibility index (Phi) is 4.21. The molecule has 0 bridgehead atoms. The Morgan fingerprint density at radius 3 is 2.82 bits per heavy atom. The van der Waals surface area contributed by atoms with Gasteiger partial charge in [0, 0.05) is 23.4 Å². The molecule has 1 atom stereocenters. The lowest BCUT2D eigenvalue weighted by Gasteiger charge is -2.24. The van der Waals surface area contributed by atoms with Crippen molar-refractivity contribution in [2.24, 2.45) is 0 Å². The van der Waals surface area contributed by atoms with E-state index in [1.54, 1.807) is 36.0 Å². The highest BCUT2D eigenvalue weighted by atomic mass is 16.5. The number of aromatic nitrogens is 4. The van der Waals surface area contributed by atoms with E-state index in [2.05, 4.69) is 10.1 Å². The predicted octanol–water partition coefficient (Wildman–Crippen LogP) is 1.42. The van der Waals surface area contributed by atoms with Gasteiger partial charge < -0.3 is 9.84 Å². The number of ether oxygens (including phenoxy) is 1. The average Bonchev–Trinajstić information content (AvgIpc) is 2.92. The molecule has 4 heterocycles. The molecule has 9 nitrogen and oxygen atoms in total. The number of aryl methyl sites for hydroxylation is 2. The van der Waals surface area contributed by atoms with Crippen LogP contribution in [0.15, 0.2) is 29.2 Å². The van der Waals surface area contributed by atoms with Crippen molar-refractivity contribution in [1.29, 1.82) is 0 Å². The minimum absolute atomic E-state index is 0.00484. The van der Waals surface area contributed by atoms with Gasteiger partial charge in [-0.05, 0) is 26.0 Å². The van der Waals surface area contributed by atoms with E-state index in [0.29, 0.717) is 16.9 Å². The summed E-state index contributed by atoms with van der Waals surface area (Å²) >= 11 is 0. The molecule has 3 aromatic rings. The Morgan fingerprint density at radius 1 is 1.29 bits per heavy atom. The van der Waals surface area contributed by atoms with Crippen LogP contribution in [0.5, 0.6) is 5.88 Å². The van der Waals surface area contributed by atoms with Crippen molar-refractivity contribution in [3.63, 3.8) is 0 Å². The van der Waals surface area contributed by atoms with E-state index in [1.807, 2.05) is 6.92 Å². The zero-order valence-electron chi connectivity index (χ0n) is 15.4. The molecule has 1 aliphatic rings. The van der Waals surface area contributed by atoms with E-state index >= 15 is 0 Å². The normalized spacial score (nSPS) is 16.1. The minimum atomic E-state index is -0.922. The van der Waals surface area contributed by atoms with E-state index in [1.165, 1.54) is 4.40 Å². The van der Waals surface area contributed by atoms with Crippen molar-refractivity contribution in [3.05, 3.63) is 57.3 Å². The van der Waals surface area contributed by atoms with Crippen molar-refractivity contribution in [2.75, 3.05) is 0 Å². The van der Waals surface area contributed by atoms with E-state index in [4.69, 9.17) is 9.84 Å². The predicted molar refractivity (Wildman–Crippen MR) is 97.5 cm³/mol. The molecular weight excluding hydrogens is 364 g/mol. The van der Waals surface area contributed by atoms with Crippen LogP contribution in [0, 0.1) is 13.8 Å². The van der Waals surface area contributed by atoms with Gasteiger partial charge in [-0.3, -0.25) is 23.5 Å². The van der Waals surface area contributed by atoms with E-state index in [0.717, 1.165) is 11.3 Å². The van der Waals surface area contributed by atoms with Crippen LogP contribution in [0.25, 0.3) is 5.65 Å². The number of esters is 1. The van der Waals surface area contributed by atoms with Crippen molar-refractivity contribution in [2.45, 2.75) is 39.2 Å². The molecule has 0 radical (unpaired) electrons. The topological polar surface area (TPSA) is 116 Å². The number of hydrogen-bond acceptors (Lipinski definition) is 6. The summed E-state index contributed by atoms with van der Waals surface area (Å²) in [7, 11) is 0. The second kappa shape index (κ2) is 6.59. The van der Waals surface area contributed by atoms with Gasteiger partial charge in [-0.15, -0.1) is 0 Å². The summed E-state index contributed by atoms with van der Waals surface area (Å²) in [6.07, 6.45) is 1.54. The van der Waals surface area contributed by atoms with Gasteiger partial charge in [0.05, 0.1) is 30.6 Å². The van der Waals surface area contributed by atoms with Crippen molar-refractivity contribution < 1.29 is 19.4 Å². The fourth-order valence-corrected chi connectivity index (χ4v) is 3.76. The maximum Gasteiger partial charge on any atom is 0.313 e. The number of carboxylic acid groups (broad SMARTS) is 1. The number of carbonyl (C=O) groups is 2. The smallest absolute Gasteiger partial charge is 0.313 e. The summed E-state index contributed by atoms with van der Waals surface area (Å²) in [6.45, 7) is 3.80. The first-order chi connectivity index (χ1) is 13.4. The highest BCUT2D eigenvalue weighted by Crippen LogP contribution is 2.38. The summed E-state index contributed by atoms with van der Waals surface area (Å²) in [6, 6.07) is 5.14. The number of carboxylic acids is 1. The molecule has 144 valence electrons. The molecule has 0 saturated heterocycles. The Bertz CT molecular complexity index is 1180. The molecule has 0 fully saturated rings. The maximum absolute atomic E-state index is 13.1. The van der Waals surface area contributed by atoms with Gasteiger partial charge in [-0.1, -0.05) is 6.07 Å². The van der Waals surface area contributed by atoms with Gasteiger partial charge in [0.1, 0.15) is 5.65 Å². The Morgan fingerprint density at radius 2 is 2.07 bits per heavy atom. The molecule has 0 unspecified atom stereocenters. The number of rotatable bonds is 4. The molecule has 0 aliphatic carbocycles. The third-order valence-corrected chi connectivity index (χ3v) is 4.99. The van der Waals surface area contributed by atoms with Crippen LogP contribution >= 0.6 is 0 Å². The Labute approximate surface area is 159 Å². The van der Waals surface area contributed by atoms with Gasteiger partial charge in [-0.2, -0.15) is 10.1 Å². The first-order valence-corrected chi connectivity index (χ1v) is 8.84. The summed E-state index contributed by atoms with van der Waals surface area (Å²) in [5, 5.41) is 13.4. The third kappa shape index (κ3) is 2.84. The molecule has 4 rings (SSSR count). The second-order valence-electron chi connectivity index (χ2n) is 6.75. The average molecular weight is 382 g/mol. The number of hydrogen-bond donors (Lipinski definition) is 1. The highest BCUT2D eigenvalue weighted by Gasteiger charge is 2.36. The number of fused-ring (bicyclic) bond motifs is 2. The molecule has 3 aromatic heterocycles. The molecule has 1 N–H and O–H groups in total. The lowest BCUT2D eigenvalue weighted by molar-refractivity contribution is -0.137. The lowest BCUT2D eigenvalue weighted by Crippen LogP contribution is -2.31. The van der Waals surface area contributed by atoms with Crippen LogP contribution in [0.2, 0.25) is 0 Å². The summed E-state index contributed by atoms with van der Waals surface area (Å²) in [5.41, 5.74) is 2.51. The first-order valence-electron chi connectivity index (χ1n) is 8.84. The second-order valence-corrected chi connectivity index (χ2v) is 6.75.